The van der Waals surface area contributed by atoms with Gasteiger partial charge in [-0.2, -0.15) is 25.9 Å². The largest absolute Gasteiger partial charge is 0.416 e. The van der Waals surface area contributed by atoms with Crippen molar-refractivity contribution < 1.29 is 26.4 Å². The normalized spacial score (nSPS) is 16.9. The van der Waals surface area contributed by atoms with Crippen molar-refractivity contribution in [3.05, 3.63) is 35.4 Å². The Balaban J connectivity index is 2.10. The highest BCUT2D eigenvalue weighted by molar-refractivity contribution is 7.87. The molecule has 1 fully saturated rings. The Morgan fingerprint density at radius 2 is 1.62 bits per heavy atom. The second kappa shape index (κ2) is 5.64. The van der Waals surface area contributed by atoms with Crippen LogP contribution in [0.2, 0.25) is 0 Å². The Bertz CT molecular complexity index is 620. The molecule has 0 spiro atoms. The second-order valence-corrected chi connectivity index (χ2v) is 6.29. The van der Waals surface area contributed by atoms with Gasteiger partial charge in [-0.25, -0.2) is 4.72 Å². The number of carbonyl (C=O) groups excluding carboxylic acids is 1. The van der Waals surface area contributed by atoms with Gasteiger partial charge >= 0.3 is 16.4 Å². The molecule has 1 N–H and O–H groups in total. The van der Waals surface area contributed by atoms with Gasteiger partial charge in [-0.05, 0) is 37.1 Å². The fraction of sp³-hybridized carbons (Fsp3) is 0.417. The smallest absolute Gasteiger partial charge is 0.268 e. The van der Waals surface area contributed by atoms with Crippen LogP contribution in [0.25, 0.3) is 0 Å². The molecule has 1 heterocycles. The molecule has 1 aromatic rings. The summed E-state index contributed by atoms with van der Waals surface area (Å²) in [7, 11) is -3.93. The summed E-state index contributed by atoms with van der Waals surface area (Å²) in [5.74, 6) is -0.948. The molecule has 21 heavy (non-hydrogen) atoms. The number of nitrogens with one attached hydrogen (secondary N) is 1. The summed E-state index contributed by atoms with van der Waals surface area (Å²) in [4.78, 5) is 11.8. The number of alkyl halides is 3. The Hall–Kier alpha value is -1.61. The van der Waals surface area contributed by atoms with E-state index in [1.807, 2.05) is 4.72 Å². The third-order valence-electron chi connectivity index (χ3n) is 3.10. The molecule has 116 valence electrons. The maximum atomic E-state index is 12.4. The maximum absolute atomic E-state index is 12.4. The fourth-order valence-corrected chi connectivity index (χ4v) is 3.20. The summed E-state index contributed by atoms with van der Waals surface area (Å²) in [5.41, 5.74) is -1.05. The van der Waals surface area contributed by atoms with Crippen molar-refractivity contribution in [2.24, 2.45) is 0 Å². The Morgan fingerprint density at radius 3 is 2.10 bits per heavy atom. The summed E-state index contributed by atoms with van der Waals surface area (Å²) in [5, 5.41) is 0. The molecule has 5 nitrogen and oxygen atoms in total. The lowest BCUT2D eigenvalue weighted by atomic mass is 10.1. The second-order valence-electron chi connectivity index (χ2n) is 4.62. The van der Waals surface area contributed by atoms with Crippen LogP contribution in [0, 0.1) is 0 Å². The Morgan fingerprint density at radius 1 is 1.10 bits per heavy atom. The number of rotatable bonds is 3. The van der Waals surface area contributed by atoms with Crippen molar-refractivity contribution in [2.75, 3.05) is 13.1 Å². The van der Waals surface area contributed by atoms with Crippen LogP contribution in [-0.4, -0.2) is 31.7 Å². The highest BCUT2D eigenvalue weighted by atomic mass is 32.2. The minimum Gasteiger partial charge on any atom is -0.268 e. The molecule has 1 aromatic carbocycles. The molecule has 1 amide bonds. The van der Waals surface area contributed by atoms with Gasteiger partial charge in [-0.15, -0.1) is 0 Å². The molecular formula is C12H13F3N2O3S. The number of carbonyl (C=O) groups is 1. The lowest BCUT2D eigenvalue weighted by molar-refractivity contribution is -0.137. The molecule has 1 aliphatic heterocycles. The predicted octanol–water partition coefficient (Wildman–Crippen LogP) is 1.78. The summed E-state index contributed by atoms with van der Waals surface area (Å²) < 4.78 is 63.9. The van der Waals surface area contributed by atoms with Gasteiger partial charge in [0.15, 0.2) is 0 Å². The number of nitrogens with zero attached hydrogens (tertiary/aromatic N) is 1. The number of benzene rings is 1. The molecule has 2 rings (SSSR count). The topological polar surface area (TPSA) is 66.5 Å². The molecule has 0 atom stereocenters. The zero-order valence-corrected chi connectivity index (χ0v) is 11.7. The van der Waals surface area contributed by atoms with Crippen LogP contribution >= 0.6 is 0 Å². The SMILES string of the molecule is O=C(NS(=O)(=O)N1CCCC1)c1ccc(C(F)(F)F)cc1. The van der Waals surface area contributed by atoms with Gasteiger partial charge in [0.1, 0.15) is 0 Å². The minimum atomic E-state index is -4.50. The van der Waals surface area contributed by atoms with Gasteiger partial charge in [0.25, 0.3) is 5.91 Å². The summed E-state index contributed by atoms with van der Waals surface area (Å²) in [6.45, 7) is 0.658. The average molecular weight is 322 g/mol. The first kappa shape index (κ1) is 15.8. The first-order chi connectivity index (χ1) is 9.70. The van der Waals surface area contributed by atoms with Crippen molar-refractivity contribution in [1.82, 2.24) is 9.03 Å². The quantitative estimate of drug-likeness (QED) is 0.922. The maximum Gasteiger partial charge on any atom is 0.416 e. The van der Waals surface area contributed by atoms with Gasteiger partial charge in [-0.3, -0.25) is 4.79 Å². The standard InChI is InChI=1S/C12H13F3N2O3S/c13-12(14,15)10-5-3-9(4-6-10)11(18)16-21(19,20)17-7-1-2-8-17/h3-6H,1-2,7-8H2,(H,16,18). The highest BCUT2D eigenvalue weighted by Gasteiger charge is 2.31. The van der Waals surface area contributed by atoms with Crippen molar-refractivity contribution in [3.8, 4) is 0 Å². The number of amides is 1. The monoisotopic (exact) mass is 322 g/mol. The first-order valence-corrected chi connectivity index (χ1v) is 7.63. The van der Waals surface area contributed by atoms with Gasteiger partial charge in [0.05, 0.1) is 5.56 Å². The molecule has 0 bridgehead atoms. The van der Waals surface area contributed by atoms with E-state index in [-0.39, 0.29) is 5.56 Å². The van der Waals surface area contributed by atoms with Crippen molar-refractivity contribution in [3.63, 3.8) is 0 Å². The summed E-state index contributed by atoms with van der Waals surface area (Å²) >= 11 is 0. The van der Waals surface area contributed by atoms with Crippen molar-refractivity contribution >= 4 is 16.1 Å². The van der Waals surface area contributed by atoms with E-state index >= 15 is 0 Å². The summed E-state index contributed by atoms with van der Waals surface area (Å²) in [6.07, 6.45) is -3.07. The van der Waals surface area contributed by atoms with E-state index in [0.717, 1.165) is 41.4 Å². The summed E-state index contributed by atoms with van der Waals surface area (Å²) in [6, 6.07) is 3.35. The van der Waals surface area contributed by atoms with Gasteiger partial charge in [0, 0.05) is 18.7 Å². The van der Waals surface area contributed by atoms with Crippen LogP contribution in [0.15, 0.2) is 24.3 Å². The van der Waals surface area contributed by atoms with Crippen LogP contribution in [0.3, 0.4) is 0 Å². The van der Waals surface area contributed by atoms with E-state index in [4.69, 9.17) is 0 Å². The van der Waals surface area contributed by atoms with Crippen LogP contribution in [0.5, 0.6) is 0 Å². The third-order valence-corrected chi connectivity index (χ3v) is 4.59. The van der Waals surface area contributed by atoms with Crippen LogP contribution < -0.4 is 4.72 Å². The first-order valence-electron chi connectivity index (χ1n) is 6.19. The molecular weight excluding hydrogens is 309 g/mol. The van der Waals surface area contributed by atoms with E-state index in [9.17, 15) is 26.4 Å². The van der Waals surface area contributed by atoms with E-state index in [2.05, 4.69) is 0 Å². The molecule has 0 unspecified atom stereocenters. The highest BCUT2D eigenvalue weighted by Crippen LogP contribution is 2.29. The lowest BCUT2D eigenvalue weighted by Crippen LogP contribution is -2.42. The van der Waals surface area contributed by atoms with Gasteiger partial charge in [-0.1, -0.05) is 0 Å². The molecule has 0 radical (unpaired) electrons. The van der Waals surface area contributed by atoms with E-state index < -0.39 is 27.9 Å². The number of hydrogen-bond acceptors (Lipinski definition) is 3. The molecule has 9 heteroatoms. The number of hydrogen-bond donors (Lipinski definition) is 1. The Labute approximate surface area is 119 Å². The minimum absolute atomic E-state index is 0.147. The zero-order chi connectivity index (χ0) is 15.7. The Kier molecular flexibility index (Phi) is 4.24. The molecule has 0 saturated carbocycles. The third kappa shape index (κ3) is 3.73. The average Bonchev–Trinajstić information content (AvgIpc) is 2.92. The molecule has 1 saturated heterocycles. The number of halogens is 3. The lowest BCUT2D eigenvalue weighted by Gasteiger charge is -2.16. The van der Waals surface area contributed by atoms with E-state index in [1.54, 1.807) is 0 Å². The van der Waals surface area contributed by atoms with Crippen LogP contribution in [0.1, 0.15) is 28.8 Å². The molecule has 0 aliphatic carbocycles. The predicted molar refractivity (Wildman–Crippen MR) is 68.6 cm³/mol. The molecule has 0 aromatic heterocycles. The van der Waals surface area contributed by atoms with Crippen LogP contribution in [0.4, 0.5) is 13.2 Å². The van der Waals surface area contributed by atoms with Crippen molar-refractivity contribution in [2.45, 2.75) is 19.0 Å². The van der Waals surface area contributed by atoms with Crippen molar-refractivity contribution in [1.29, 1.82) is 0 Å². The van der Waals surface area contributed by atoms with Crippen LogP contribution in [-0.2, 0) is 16.4 Å². The van der Waals surface area contributed by atoms with Gasteiger partial charge in [0.2, 0.25) is 0 Å². The van der Waals surface area contributed by atoms with E-state index in [1.165, 1.54) is 0 Å². The zero-order valence-electron chi connectivity index (χ0n) is 10.9. The van der Waals surface area contributed by atoms with E-state index in [0.29, 0.717) is 13.1 Å². The van der Waals surface area contributed by atoms with Gasteiger partial charge < -0.3 is 0 Å². The fourth-order valence-electron chi connectivity index (χ4n) is 1.98. The molecule has 1 aliphatic rings.